The van der Waals surface area contributed by atoms with Crippen molar-refractivity contribution < 1.29 is 229 Å². The summed E-state index contributed by atoms with van der Waals surface area (Å²) in [5, 5.41) is 48.8. The summed E-state index contributed by atoms with van der Waals surface area (Å²) in [6, 6.07) is 0. The Hall–Kier alpha value is -6.56. The zero-order chi connectivity index (χ0) is 94.3. The summed E-state index contributed by atoms with van der Waals surface area (Å²) in [5.41, 5.74) is 1.15. The highest BCUT2D eigenvalue weighted by Crippen LogP contribution is 2.43. The summed E-state index contributed by atoms with van der Waals surface area (Å²) in [6.45, 7) is 87.2. The van der Waals surface area contributed by atoms with Gasteiger partial charge in [0, 0.05) is 65.4 Å². The topological polar surface area (TPSA) is 621 Å². The third-order valence-electron chi connectivity index (χ3n) is 6.15. The molecule has 9 atom stereocenters. The fourth-order valence-electron chi connectivity index (χ4n) is 3.23. The van der Waals surface area contributed by atoms with Gasteiger partial charge in [-0.25, -0.2) is 19.6 Å². The fourth-order valence-corrected chi connectivity index (χ4v) is 7.21. The van der Waals surface area contributed by atoms with Crippen LogP contribution in [0.15, 0.2) is 261 Å². The van der Waals surface area contributed by atoms with Crippen LogP contribution in [0.4, 0.5) is 4.48 Å². The molecule has 0 fully saturated rings. The van der Waals surface area contributed by atoms with Crippen LogP contribution >= 0.6 is 54.5 Å². The van der Waals surface area contributed by atoms with E-state index in [-0.39, 0.29) is 6.54 Å². The Bertz CT molecular complexity index is 2380. The predicted molar refractivity (Wildman–Crippen MR) is 401 cm³/mol. The van der Waals surface area contributed by atoms with Crippen LogP contribution < -0.4 is 45.0 Å². The molecule has 0 heterocycles. The number of rotatable bonds is 60. The van der Waals surface area contributed by atoms with E-state index in [0.717, 1.165) is 12.2 Å². The minimum absolute atomic E-state index is 0.180. The van der Waals surface area contributed by atoms with Gasteiger partial charge in [-0.15, -0.1) is 215 Å². The van der Waals surface area contributed by atoms with Crippen molar-refractivity contribution in [1.29, 1.82) is 0 Å². The third-order valence-corrected chi connectivity index (χ3v) is 11.7. The smallest absolute Gasteiger partial charge is 0.319 e. The van der Waals surface area contributed by atoms with E-state index in [4.69, 9.17) is 12.9 Å². The minimum Gasteiger partial charge on any atom is -0.769 e. The van der Waals surface area contributed by atoms with Crippen LogP contribution in [0.3, 0.4) is 0 Å². The van der Waals surface area contributed by atoms with Crippen LogP contribution in [-0.2, 0) is 186 Å². The number of hydrogen-bond donors (Lipinski definition) is 3. The molecular weight excluding hydrogens is 1710 g/mol. The molecule has 0 saturated heterocycles. The van der Waals surface area contributed by atoms with Crippen LogP contribution in [0.25, 0.3) is 0 Å². The Kier molecular flexibility index (Phi) is 167. The van der Waals surface area contributed by atoms with Crippen LogP contribution in [0.1, 0.15) is 0 Å². The summed E-state index contributed by atoms with van der Waals surface area (Å²) >= 11 is 0. The maximum Gasteiger partial charge on any atom is 0.319 e. The number of phosphoric ester groups is 6. The zero-order valence-corrected chi connectivity index (χ0v) is 69.9. The summed E-state index contributed by atoms with van der Waals surface area (Å²) in [6.07, 6.45) is 3.41. The monoisotopic (exact) mass is 1820 g/mol. The van der Waals surface area contributed by atoms with Gasteiger partial charge in [-0.3, -0.25) is 32.0 Å². The van der Waals surface area contributed by atoms with Crippen LogP contribution in [-0.4, -0.2) is 112 Å². The van der Waals surface area contributed by atoms with Gasteiger partial charge in [0.15, 0.2) is 40.6 Å². The first-order valence-electron chi connectivity index (χ1n) is 28.4. The van der Waals surface area contributed by atoms with Gasteiger partial charge in [-0.2, -0.15) is 5.54 Å². The maximum atomic E-state index is 12.7. The quantitative estimate of drug-likeness (QED) is 0.00746. The normalized spacial score (nSPS) is 13.6. The molecule has 9 unspecified atom stereocenters. The molecule has 0 aliphatic rings. The van der Waals surface area contributed by atoms with Crippen molar-refractivity contribution in [2.24, 2.45) is 11.8 Å². The largest absolute Gasteiger partial charge is 0.769 e. The molecule has 0 aromatic carbocycles. The van der Waals surface area contributed by atoms with Gasteiger partial charge in [-0.1, -0.05) is 0 Å². The van der Waals surface area contributed by atoms with Crippen molar-refractivity contribution in [3.05, 3.63) is 261 Å². The van der Waals surface area contributed by atoms with E-state index in [9.17, 15) is 70.7 Å². The van der Waals surface area contributed by atoms with Crippen molar-refractivity contribution in [2.75, 3.05) is 99.0 Å². The second-order valence-electron chi connectivity index (χ2n) is 12.5. The van der Waals surface area contributed by atoms with Crippen molar-refractivity contribution in [3.63, 3.8) is 0 Å². The van der Waals surface area contributed by atoms with E-state index in [1.807, 2.05) is 0 Å². The second-order valence-corrected chi connectivity index (χ2v) is 22.3. The highest BCUT2D eigenvalue weighted by Gasteiger charge is 2.20. The molecule has 3 N–H and O–H groups in total. The number of hydrogen-bond acceptors (Lipinski definition) is 48. The Balaban J connectivity index is -0.000000177. The van der Waals surface area contributed by atoms with Crippen molar-refractivity contribution in [1.82, 2.24) is 10.8 Å². The van der Waals surface area contributed by atoms with Gasteiger partial charge in [0.05, 0.1) is 52.9 Å². The third kappa shape index (κ3) is 156. The van der Waals surface area contributed by atoms with Gasteiger partial charge < -0.3 is 118 Å². The van der Waals surface area contributed by atoms with Crippen molar-refractivity contribution in [3.8, 4) is 0 Å². The minimum atomic E-state index is -5.21. The molecule has 2 radical (unpaired) electrons. The highest BCUT2D eigenvalue weighted by atomic mass is 31.2. The van der Waals surface area contributed by atoms with E-state index in [1.54, 1.807) is 0 Å². The zero-order valence-electron chi connectivity index (χ0n) is 63.6. The molecule has 0 amide bonds. The van der Waals surface area contributed by atoms with Crippen LogP contribution in [0, 0.1) is 11.8 Å². The Labute approximate surface area is 671 Å². The van der Waals surface area contributed by atoms with Crippen LogP contribution in [0.5, 0.6) is 0 Å². The number of halogens is 1. The lowest BCUT2D eigenvalue weighted by Crippen LogP contribution is -2.29. The van der Waals surface area contributed by atoms with E-state index < -0.39 is 152 Å². The van der Waals surface area contributed by atoms with E-state index in [2.05, 4.69) is 370 Å². The molecule has 49 nitrogen and oxygen atoms in total. The van der Waals surface area contributed by atoms with E-state index in [1.165, 1.54) is 0 Å². The summed E-state index contributed by atoms with van der Waals surface area (Å²) in [7, 11) is -29.4. The molecular formula is C57H108BFN2O47P7-7. The molecule has 115 heavy (non-hydrogen) atoms. The predicted octanol–water partition coefficient (Wildman–Crippen LogP) is 9.24. The molecule has 0 aromatic rings. The number of phosphoric acid groups is 6. The molecule has 58 heteroatoms. The highest BCUT2D eigenvalue weighted by molar-refractivity contribution is 7.50. The average molecular weight is 1820 g/mol. The lowest BCUT2D eigenvalue weighted by molar-refractivity contribution is -0.700. The fraction of sp³-hybridized carbons (Fsp3) is 0.298. The van der Waals surface area contributed by atoms with E-state index in [0.29, 0.717) is 50.1 Å². The lowest BCUT2D eigenvalue weighted by atomic mass is 10.1. The van der Waals surface area contributed by atoms with Gasteiger partial charge in [-0.05, 0) is 26.7 Å². The van der Waals surface area contributed by atoms with Gasteiger partial charge >= 0.3 is 23.5 Å². The van der Waals surface area contributed by atoms with Gasteiger partial charge in [0.2, 0.25) is 0 Å². The van der Waals surface area contributed by atoms with Gasteiger partial charge in [0.25, 0.3) is 23.5 Å². The standard InChI is InChI=1S/C25H51BFN2O47P7.16C2H4/c1-77(30,31)53-10-2-45-65-73-70-50-8-16-59-82(41,42)63-22-25(19-29-27)23-64-83(43,44)60-17-9-52-72-76-69-49-6-14-57-80(37,38)55-12-4-47-67-74-66-46-3-11-54-79(35,36)56-13-5-48-68-75-71-51-7-15-58-81(39,40)62-21-24(18-28-26)20-61-78(32,33)34;16*1-2/h2,4-5,9-10,12-13,17,24-25,28-29H,3,6-8,11,14-16,18-23H2,1H3,(H,30,31)(H,35,36)(H,37,38)(H,39,40)(H,41,42)(H,43,44)(H2,32,33,34);16*1-2H2/p-7/b10-2+,12-4-,13-5-,17-9+;;;;;;;;;;;;;;;;. The summed E-state index contributed by atoms with van der Waals surface area (Å²) in [4.78, 5) is 122. The molecule has 680 valence electrons. The molecule has 0 saturated carbocycles. The molecule has 0 aliphatic carbocycles. The Morgan fingerprint density at radius 2 is 0.513 bits per heavy atom. The first-order valence-corrected chi connectivity index (χ1v) is 39.2. The average Bonchev–Trinajstić information content (AvgIpc) is 0.903. The van der Waals surface area contributed by atoms with Crippen molar-refractivity contribution in [2.45, 2.75) is 0 Å². The first kappa shape index (κ1) is 150. The maximum absolute atomic E-state index is 12.7. The van der Waals surface area contributed by atoms with Gasteiger partial charge in [0.1, 0.15) is 51.5 Å². The second kappa shape index (κ2) is 128. The summed E-state index contributed by atoms with van der Waals surface area (Å²) in [5.74, 6) is -2.24. The summed E-state index contributed by atoms with van der Waals surface area (Å²) < 4.78 is 145. The number of nitrogens with one attached hydrogen (secondary N) is 2. The molecule has 0 aromatic heterocycles. The SMILES string of the molecule is C=C.C=C.C=C.C=C.C=C.C=C.C=C.C=C.C=C.C=C.C=C.C=C.C=C.C=C.C=C.C=C.[B]NCC(COP(=O)([O-])O)COP(=O)([O-])OCCOOOOO/C=C\OP(=O)([O-])OCCOOOOO/C=C\OP(=O)([O-])OCCOOOOO/C=C/OP(=O)([O-])OCC(CNF)COP(=O)([O-])OCCOOOOO/C=C/OP(C)(=O)[O-]. The Morgan fingerprint density at radius 1 is 0.304 bits per heavy atom. The molecule has 0 aliphatic heterocycles. The first-order chi connectivity index (χ1) is 55.1. The van der Waals surface area contributed by atoms with Crippen molar-refractivity contribution >= 4 is 62.5 Å². The Morgan fingerprint density at radius 3 is 0.739 bits per heavy atom. The van der Waals surface area contributed by atoms with E-state index >= 15 is 0 Å². The molecule has 0 spiro atoms. The lowest BCUT2D eigenvalue weighted by Gasteiger charge is -2.27. The molecule has 0 bridgehead atoms. The van der Waals surface area contributed by atoms with Crippen LogP contribution in [0.2, 0.25) is 0 Å². The molecule has 0 rings (SSSR count).